The van der Waals surface area contributed by atoms with Gasteiger partial charge in [-0.1, -0.05) is 48.0 Å². The highest BCUT2D eigenvalue weighted by Gasteiger charge is 2.43. The molecule has 2 aromatic carbocycles. The average Bonchev–Trinajstić information content (AvgIpc) is 2.55. The SMILES string of the molecule is Cc1ccc(S(=O)(=O)N2CC(c3ccccc3)OCC2(C)C)cc1. The van der Waals surface area contributed by atoms with E-state index in [9.17, 15) is 8.42 Å². The summed E-state index contributed by atoms with van der Waals surface area (Å²) in [4.78, 5) is 0.329. The minimum Gasteiger partial charge on any atom is -0.370 e. The number of ether oxygens (including phenoxy) is 1. The topological polar surface area (TPSA) is 46.6 Å². The summed E-state index contributed by atoms with van der Waals surface area (Å²) >= 11 is 0. The van der Waals surface area contributed by atoms with E-state index in [1.165, 1.54) is 0 Å². The largest absolute Gasteiger partial charge is 0.370 e. The van der Waals surface area contributed by atoms with Gasteiger partial charge in [0.05, 0.1) is 23.1 Å². The van der Waals surface area contributed by atoms with Gasteiger partial charge in [-0.25, -0.2) is 8.42 Å². The Morgan fingerprint density at radius 3 is 2.29 bits per heavy atom. The van der Waals surface area contributed by atoms with Crippen LogP contribution >= 0.6 is 0 Å². The first kappa shape index (κ1) is 17.1. The van der Waals surface area contributed by atoms with Gasteiger partial charge in [0.15, 0.2) is 0 Å². The Morgan fingerprint density at radius 2 is 1.67 bits per heavy atom. The fourth-order valence-electron chi connectivity index (χ4n) is 2.96. The van der Waals surface area contributed by atoms with Gasteiger partial charge in [0.2, 0.25) is 10.0 Å². The van der Waals surface area contributed by atoms with Gasteiger partial charge in [-0.05, 0) is 38.5 Å². The maximum Gasteiger partial charge on any atom is 0.243 e. The number of nitrogens with zero attached hydrogens (tertiary/aromatic N) is 1. The molecular formula is C19H23NO3S. The van der Waals surface area contributed by atoms with E-state index in [0.717, 1.165) is 11.1 Å². The Labute approximate surface area is 144 Å². The van der Waals surface area contributed by atoms with Gasteiger partial charge in [-0.15, -0.1) is 0 Å². The molecule has 2 aromatic rings. The van der Waals surface area contributed by atoms with Crippen molar-refractivity contribution in [1.29, 1.82) is 0 Å². The summed E-state index contributed by atoms with van der Waals surface area (Å²) in [7, 11) is -3.57. The molecule has 1 fully saturated rings. The molecule has 0 amide bonds. The minimum absolute atomic E-state index is 0.251. The summed E-state index contributed by atoms with van der Waals surface area (Å²) in [6.45, 7) is 6.42. The molecule has 0 aromatic heterocycles. The van der Waals surface area contributed by atoms with Gasteiger partial charge in [-0.3, -0.25) is 0 Å². The first-order chi connectivity index (χ1) is 11.3. The Hall–Kier alpha value is -1.69. The van der Waals surface area contributed by atoms with E-state index >= 15 is 0 Å². The highest BCUT2D eigenvalue weighted by atomic mass is 32.2. The zero-order chi connectivity index (χ0) is 17.4. The second-order valence-electron chi connectivity index (χ2n) is 6.87. The zero-order valence-corrected chi connectivity index (χ0v) is 15.1. The van der Waals surface area contributed by atoms with Gasteiger partial charge < -0.3 is 4.74 Å². The van der Waals surface area contributed by atoms with Crippen LogP contribution in [0.25, 0.3) is 0 Å². The van der Waals surface area contributed by atoms with Gasteiger partial charge in [0.1, 0.15) is 0 Å². The molecule has 0 bridgehead atoms. The molecule has 1 unspecified atom stereocenters. The number of sulfonamides is 1. The molecule has 24 heavy (non-hydrogen) atoms. The number of benzene rings is 2. The van der Waals surface area contributed by atoms with E-state index in [1.54, 1.807) is 16.4 Å². The smallest absolute Gasteiger partial charge is 0.243 e. The van der Waals surface area contributed by atoms with Crippen molar-refractivity contribution in [2.45, 2.75) is 37.3 Å². The molecule has 0 radical (unpaired) electrons. The van der Waals surface area contributed by atoms with Crippen LogP contribution in [0, 0.1) is 6.92 Å². The van der Waals surface area contributed by atoms with Crippen LogP contribution in [-0.4, -0.2) is 31.4 Å². The lowest BCUT2D eigenvalue weighted by Gasteiger charge is -2.44. The second kappa shape index (κ2) is 6.31. The first-order valence-corrected chi connectivity index (χ1v) is 9.51. The molecule has 1 atom stereocenters. The summed E-state index contributed by atoms with van der Waals surface area (Å²) in [5.74, 6) is 0. The number of hydrogen-bond acceptors (Lipinski definition) is 3. The van der Waals surface area contributed by atoms with Crippen LogP contribution in [0.15, 0.2) is 59.5 Å². The lowest BCUT2D eigenvalue weighted by molar-refractivity contribution is -0.0655. The maximum atomic E-state index is 13.2. The molecule has 1 aliphatic heterocycles. The van der Waals surface area contributed by atoms with Crippen LogP contribution in [0.2, 0.25) is 0 Å². The Balaban J connectivity index is 1.95. The van der Waals surface area contributed by atoms with Crippen LogP contribution in [0.3, 0.4) is 0 Å². The third kappa shape index (κ3) is 3.24. The molecule has 3 rings (SSSR count). The molecule has 0 spiro atoms. The van der Waals surface area contributed by atoms with Crippen LogP contribution in [0.1, 0.15) is 31.1 Å². The Bertz CT molecular complexity index is 798. The zero-order valence-electron chi connectivity index (χ0n) is 14.3. The molecule has 1 aliphatic rings. The van der Waals surface area contributed by atoms with E-state index in [4.69, 9.17) is 4.74 Å². The van der Waals surface area contributed by atoms with Gasteiger partial charge in [0.25, 0.3) is 0 Å². The predicted molar refractivity (Wildman–Crippen MR) is 94.3 cm³/mol. The predicted octanol–water partition coefficient (Wildman–Crippen LogP) is 3.54. The van der Waals surface area contributed by atoms with Crippen molar-refractivity contribution in [2.24, 2.45) is 0 Å². The summed E-state index contributed by atoms with van der Waals surface area (Å²) in [6, 6.07) is 16.8. The summed E-state index contributed by atoms with van der Waals surface area (Å²) in [6.07, 6.45) is -0.251. The van der Waals surface area contributed by atoms with Crippen molar-refractivity contribution >= 4 is 10.0 Å². The van der Waals surface area contributed by atoms with E-state index < -0.39 is 15.6 Å². The van der Waals surface area contributed by atoms with E-state index in [-0.39, 0.29) is 6.10 Å². The average molecular weight is 345 g/mol. The molecule has 4 nitrogen and oxygen atoms in total. The Morgan fingerprint density at radius 1 is 1.04 bits per heavy atom. The summed E-state index contributed by atoms with van der Waals surface area (Å²) in [5, 5.41) is 0. The Kier molecular flexibility index (Phi) is 4.51. The molecule has 0 N–H and O–H groups in total. The molecule has 1 heterocycles. The van der Waals surface area contributed by atoms with Crippen LogP contribution < -0.4 is 0 Å². The second-order valence-corrected chi connectivity index (χ2v) is 8.73. The summed E-state index contributed by atoms with van der Waals surface area (Å²) < 4.78 is 33.9. The number of morpholine rings is 1. The monoisotopic (exact) mass is 345 g/mol. The third-order valence-corrected chi connectivity index (χ3v) is 6.52. The lowest BCUT2D eigenvalue weighted by atomic mass is 10.0. The summed E-state index contributed by atoms with van der Waals surface area (Å²) in [5.41, 5.74) is 1.45. The number of aryl methyl sites for hydroxylation is 1. The van der Waals surface area contributed by atoms with Crippen LogP contribution in [-0.2, 0) is 14.8 Å². The molecule has 1 saturated heterocycles. The third-order valence-electron chi connectivity index (χ3n) is 4.42. The molecule has 0 aliphatic carbocycles. The fourth-order valence-corrected chi connectivity index (χ4v) is 4.73. The molecule has 5 heteroatoms. The normalized spacial score (nSPS) is 21.5. The van der Waals surface area contributed by atoms with Crippen molar-refractivity contribution in [3.8, 4) is 0 Å². The minimum atomic E-state index is -3.57. The lowest BCUT2D eigenvalue weighted by Crippen LogP contribution is -2.56. The molecular weight excluding hydrogens is 322 g/mol. The maximum absolute atomic E-state index is 13.2. The van der Waals surface area contributed by atoms with Gasteiger partial charge in [-0.2, -0.15) is 4.31 Å². The highest BCUT2D eigenvalue weighted by Crippen LogP contribution is 2.34. The van der Waals surface area contributed by atoms with E-state index in [2.05, 4.69) is 0 Å². The van der Waals surface area contributed by atoms with Crippen LogP contribution in [0.4, 0.5) is 0 Å². The highest BCUT2D eigenvalue weighted by molar-refractivity contribution is 7.89. The van der Waals surface area contributed by atoms with Gasteiger partial charge in [0, 0.05) is 6.54 Å². The molecule has 128 valence electrons. The van der Waals surface area contributed by atoms with E-state index in [1.807, 2.05) is 63.2 Å². The quantitative estimate of drug-likeness (QED) is 0.855. The van der Waals surface area contributed by atoms with Crippen molar-refractivity contribution in [1.82, 2.24) is 4.31 Å². The number of rotatable bonds is 3. The van der Waals surface area contributed by atoms with Crippen molar-refractivity contribution in [2.75, 3.05) is 13.2 Å². The van der Waals surface area contributed by atoms with E-state index in [0.29, 0.717) is 18.0 Å². The first-order valence-electron chi connectivity index (χ1n) is 8.07. The van der Waals surface area contributed by atoms with Crippen molar-refractivity contribution in [3.63, 3.8) is 0 Å². The standard InChI is InChI=1S/C19H23NO3S/c1-15-9-11-17(12-10-15)24(21,22)20-13-18(23-14-19(20,2)3)16-7-5-4-6-8-16/h4-12,18H,13-14H2,1-3H3. The van der Waals surface area contributed by atoms with Gasteiger partial charge >= 0.3 is 0 Å². The van der Waals surface area contributed by atoms with Crippen molar-refractivity contribution < 1.29 is 13.2 Å². The van der Waals surface area contributed by atoms with Crippen molar-refractivity contribution in [3.05, 3.63) is 65.7 Å². The molecule has 0 saturated carbocycles. The number of hydrogen-bond donors (Lipinski definition) is 0. The fraction of sp³-hybridized carbons (Fsp3) is 0.368. The van der Waals surface area contributed by atoms with Crippen LogP contribution in [0.5, 0.6) is 0 Å².